The summed E-state index contributed by atoms with van der Waals surface area (Å²) < 4.78 is 8.50. The second kappa shape index (κ2) is 8.23. The number of aromatic nitrogens is 1. The molecule has 0 radical (unpaired) electrons. The minimum atomic E-state index is -1.05. The first-order valence-electron chi connectivity index (χ1n) is 12.1. The van der Waals surface area contributed by atoms with Crippen molar-refractivity contribution in [3.63, 3.8) is 0 Å². The summed E-state index contributed by atoms with van der Waals surface area (Å²) in [4.78, 5) is 39.0. The zero-order chi connectivity index (χ0) is 26.0. The van der Waals surface area contributed by atoms with Gasteiger partial charge in [-0.25, -0.2) is 4.79 Å². The number of nitrogens with one attached hydrogen (secondary N) is 1. The Balaban J connectivity index is 1.59. The van der Waals surface area contributed by atoms with Gasteiger partial charge in [0.2, 0.25) is 5.91 Å². The smallest absolute Gasteiger partial charge is 0.336 e. The summed E-state index contributed by atoms with van der Waals surface area (Å²) in [6.45, 7) is 5.73. The van der Waals surface area contributed by atoms with E-state index in [-0.39, 0.29) is 30.0 Å². The minimum absolute atomic E-state index is 0.129. The molecule has 0 aliphatic carbocycles. The van der Waals surface area contributed by atoms with Gasteiger partial charge in [0.05, 0.1) is 29.1 Å². The summed E-state index contributed by atoms with van der Waals surface area (Å²) >= 11 is 0. The summed E-state index contributed by atoms with van der Waals surface area (Å²) in [5.41, 5.74) is 4.49. The molecule has 2 aliphatic rings. The number of rotatable bonds is 4. The van der Waals surface area contributed by atoms with Gasteiger partial charge in [-0.05, 0) is 49.7 Å². The molecule has 1 atom stereocenters. The number of carbonyl (C=O) groups is 3. The molecule has 4 aromatic rings. The van der Waals surface area contributed by atoms with E-state index in [0.717, 1.165) is 22.2 Å². The molecule has 0 spiro atoms. The van der Waals surface area contributed by atoms with E-state index < -0.39 is 11.9 Å². The van der Waals surface area contributed by atoms with Gasteiger partial charge in [-0.3, -0.25) is 14.5 Å². The van der Waals surface area contributed by atoms with Crippen LogP contribution in [0.4, 0.5) is 5.69 Å². The number of benzene rings is 2. The van der Waals surface area contributed by atoms with Gasteiger partial charge >= 0.3 is 5.97 Å². The maximum absolute atomic E-state index is 13.6. The first-order chi connectivity index (χ1) is 17.8. The van der Waals surface area contributed by atoms with Crippen molar-refractivity contribution >= 4 is 34.4 Å². The van der Waals surface area contributed by atoms with E-state index in [2.05, 4.69) is 36.0 Å². The molecule has 186 valence electrons. The molecule has 8 nitrogen and oxygen atoms in total. The fraction of sp³-hybridized carbons (Fsp3) is 0.207. The lowest BCUT2D eigenvalue weighted by Crippen LogP contribution is -2.33. The van der Waals surface area contributed by atoms with Crippen LogP contribution >= 0.6 is 0 Å². The molecule has 0 fully saturated rings. The SMILES string of the molecule is CC(=O)N1CC2=C(C1=O)[C@@H](c1ccc(-c3ccccc3C(=O)O)o1)c1cn(C(C)C)c3cccc(c13)N2. The van der Waals surface area contributed by atoms with Crippen LogP contribution in [0.3, 0.4) is 0 Å². The zero-order valence-electron chi connectivity index (χ0n) is 20.6. The van der Waals surface area contributed by atoms with E-state index in [1.165, 1.54) is 17.9 Å². The predicted molar refractivity (Wildman–Crippen MR) is 138 cm³/mol. The van der Waals surface area contributed by atoms with Crippen LogP contribution in [0.15, 0.2) is 76.5 Å². The number of carbonyl (C=O) groups excluding carboxylic acids is 2. The van der Waals surface area contributed by atoms with Crippen molar-refractivity contribution in [2.24, 2.45) is 0 Å². The standard InChI is InChI=1S/C29H25N3O5/c1-15(2)31-13-19-25-20(9-6-10-22(25)31)30-21-14-32(16(3)33)28(34)27(21)26(19)24-12-11-23(37-24)17-7-4-5-8-18(17)29(35)36/h4-13,15,26,30H,14H2,1-3H3,(H,35,36)/t26-/m1/s1. The van der Waals surface area contributed by atoms with E-state index >= 15 is 0 Å². The highest BCUT2D eigenvalue weighted by molar-refractivity contribution is 6.11. The maximum Gasteiger partial charge on any atom is 0.336 e. The van der Waals surface area contributed by atoms with Crippen LogP contribution in [-0.2, 0) is 9.59 Å². The van der Waals surface area contributed by atoms with Crippen molar-refractivity contribution in [1.82, 2.24) is 9.47 Å². The maximum atomic E-state index is 13.6. The summed E-state index contributed by atoms with van der Waals surface area (Å²) in [5, 5.41) is 14.1. The molecule has 0 saturated heterocycles. The fourth-order valence-electron chi connectivity index (χ4n) is 5.49. The van der Waals surface area contributed by atoms with Crippen molar-refractivity contribution in [3.05, 3.63) is 89.0 Å². The third-order valence-electron chi connectivity index (χ3n) is 7.16. The summed E-state index contributed by atoms with van der Waals surface area (Å²) in [7, 11) is 0. The van der Waals surface area contributed by atoms with Gasteiger partial charge < -0.3 is 19.4 Å². The van der Waals surface area contributed by atoms with Gasteiger partial charge in [-0.1, -0.05) is 24.3 Å². The Kier molecular flexibility index (Phi) is 5.08. The van der Waals surface area contributed by atoms with Crippen LogP contribution in [0, 0.1) is 0 Å². The lowest BCUT2D eigenvalue weighted by atomic mass is 9.88. The number of carboxylic acid groups (broad SMARTS) is 1. The number of anilines is 1. The lowest BCUT2D eigenvalue weighted by molar-refractivity contribution is -0.139. The predicted octanol–water partition coefficient (Wildman–Crippen LogP) is 5.38. The van der Waals surface area contributed by atoms with Crippen molar-refractivity contribution in [2.45, 2.75) is 32.7 Å². The van der Waals surface area contributed by atoms with Gasteiger partial charge in [-0.15, -0.1) is 0 Å². The van der Waals surface area contributed by atoms with Crippen molar-refractivity contribution in [2.75, 3.05) is 11.9 Å². The first kappa shape index (κ1) is 22.8. The topological polar surface area (TPSA) is 105 Å². The Hall–Kier alpha value is -4.59. The number of amides is 2. The molecule has 2 aromatic heterocycles. The average molecular weight is 496 g/mol. The zero-order valence-corrected chi connectivity index (χ0v) is 20.6. The largest absolute Gasteiger partial charge is 0.478 e. The molecule has 2 aliphatic heterocycles. The lowest BCUT2D eigenvalue weighted by Gasteiger charge is -2.17. The number of hydrogen-bond donors (Lipinski definition) is 2. The average Bonchev–Trinajstić information content (AvgIpc) is 3.55. The van der Waals surface area contributed by atoms with Gasteiger partial charge in [0.15, 0.2) is 0 Å². The Labute approximate surface area is 212 Å². The van der Waals surface area contributed by atoms with E-state index in [1.807, 2.05) is 12.1 Å². The summed E-state index contributed by atoms with van der Waals surface area (Å²) in [6.07, 6.45) is 2.05. The highest BCUT2D eigenvalue weighted by Gasteiger charge is 2.43. The van der Waals surface area contributed by atoms with Gasteiger partial charge in [-0.2, -0.15) is 0 Å². The monoisotopic (exact) mass is 495 g/mol. The fourth-order valence-corrected chi connectivity index (χ4v) is 5.49. The quantitative estimate of drug-likeness (QED) is 0.394. The van der Waals surface area contributed by atoms with Crippen LogP contribution in [0.1, 0.15) is 54.4 Å². The number of hydrogen-bond acceptors (Lipinski definition) is 5. The Morgan fingerprint density at radius 1 is 1.08 bits per heavy atom. The van der Waals surface area contributed by atoms with Crippen LogP contribution in [-0.4, -0.2) is 38.9 Å². The number of nitrogens with zero attached hydrogens (tertiary/aromatic N) is 2. The molecule has 2 N–H and O–H groups in total. The molecule has 0 unspecified atom stereocenters. The molecule has 4 heterocycles. The van der Waals surface area contributed by atoms with Gasteiger partial charge in [0, 0.05) is 41.5 Å². The third-order valence-corrected chi connectivity index (χ3v) is 7.16. The molecule has 8 heteroatoms. The molecule has 37 heavy (non-hydrogen) atoms. The number of carboxylic acids is 1. The highest BCUT2D eigenvalue weighted by Crippen LogP contribution is 2.47. The van der Waals surface area contributed by atoms with E-state index in [4.69, 9.17) is 4.42 Å². The van der Waals surface area contributed by atoms with E-state index in [1.54, 1.807) is 30.3 Å². The van der Waals surface area contributed by atoms with Crippen molar-refractivity contribution < 1.29 is 23.9 Å². The van der Waals surface area contributed by atoms with Crippen molar-refractivity contribution in [1.29, 1.82) is 0 Å². The minimum Gasteiger partial charge on any atom is -0.478 e. The molecule has 2 aromatic carbocycles. The second-order valence-electron chi connectivity index (χ2n) is 9.70. The van der Waals surface area contributed by atoms with E-state index in [9.17, 15) is 19.5 Å². The number of imide groups is 1. The summed E-state index contributed by atoms with van der Waals surface area (Å²) in [6, 6.07) is 16.4. The van der Waals surface area contributed by atoms with Gasteiger partial charge in [0.1, 0.15) is 11.5 Å². The first-order valence-corrected chi connectivity index (χ1v) is 12.1. The normalized spacial score (nSPS) is 16.8. The Bertz CT molecular complexity index is 1650. The van der Waals surface area contributed by atoms with Gasteiger partial charge in [0.25, 0.3) is 5.91 Å². The molecular formula is C29H25N3O5. The van der Waals surface area contributed by atoms with Crippen LogP contribution < -0.4 is 5.32 Å². The highest BCUT2D eigenvalue weighted by atomic mass is 16.4. The molecule has 0 saturated carbocycles. The van der Waals surface area contributed by atoms with Crippen LogP contribution in [0.25, 0.3) is 22.2 Å². The Morgan fingerprint density at radius 3 is 2.59 bits per heavy atom. The number of aromatic carboxylic acids is 1. The molecule has 0 bridgehead atoms. The summed E-state index contributed by atoms with van der Waals surface area (Å²) in [5.74, 6) is -1.42. The molecule has 6 rings (SSSR count). The molecular weight excluding hydrogens is 470 g/mol. The van der Waals surface area contributed by atoms with Crippen LogP contribution in [0.5, 0.6) is 0 Å². The third kappa shape index (κ3) is 3.40. The Morgan fingerprint density at radius 2 is 1.86 bits per heavy atom. The van der Waals surface area contributed by atoms with Crippen molar-refractivity contribution in [3.8, 4) is 11.3 Å². The van der Waals surface area contributed by atoms with E-state index in [0.29, 0.717) is 28.4 Å². The van der Waals surface area contributed by atoms with Crippen LogP contribution in [0.2, 0.25) is 0 Å². The molecule has 2 amide bonds. The second-order valence-corrected chi connectivity index (χ2v) is 9.70. The number of furan rings is 1.